The first-order valence-electron chi connectivity index (χ1n) is 14.6. The summed E-state index contributed by atoms with van der Waals surface area (Å²) in [4.78, 5) is 11.8. The molecule has 1 aliphatic heterocycles. The highest BCUT2D eigenvalue weighted by Crippen LogP contribution is 2.16. The van der Waals surface area contributed by atoms with E-state index in [-0.39, 0.29) is 5.97 Å². The molecule has 2 heteroatoms. The van der Waals surface area contributed by atoms with Crippen LogP contribution in [0.2, 0.25) is 0 Å². The third kappa shape index (κ3) is 22.5. The van der Waals surface area contributed by atoms with Crippen LogP contribution in [0.4, 0.5) is 0 Å². The quantitative estimate of drug-likeness (QED) is 0.353. The van der Waals surface area contributed by atoms with Gasteiger partial charge in [-0.3, -0.25) is 4.79 Å². The lowest BCUT2D eigenvalue weighted by atomic mass is 10.0. The molecule has 0 unspecified atom stereocenters. The number of cyclic esters (lactones) is 1. The van der Waals surface area contributed by atoms with Crippen LogP contribution in [0.5, 0.6) is 0 Å². The fourth-order valence-corrected chi connectivity index (χ4v) is 4.87. The van der Waals surface area contributed by atoms with Crippen LogP contribution >= 0.6 is 0 Å². The molecule has 0 aromatic rings. The SMILES string of the molecule is O=C1CCCCCCCCCCCCCCCCCCCCCCCCCCCCO1. The number of esters is 1. The predicted molar refractivity (Wildman–Crippen MR) is 136 cm³/mol. The Hall–Kier alpha value is -0.530. The van der Waals surface area contributed by atoms with Crippen molar-refractivity contribution in [3.05, 3.63) is 0 Å². The van der Waals surface area contributed by atoms with Crippen molar-refractivity contribution in [2.45, 2.75) is 173 Å². The maximum atomic E-state index is 11.8. The van der Waals surface area contributed by atoms with Crippen molar-refractivity contribution in [2.75, 3.05) is 6.61 Å². The minimum absolute atomic E-state index is 0.0275. The summed E-state index contributed by atoms with van der Waals surface area (Å²) in [5.41, 5.74) is 0. The van der Waals surface area contributed by atoms with Crippen LogP contribution in [0, 0.1) is 0 Å². The van der Waals surface area contributed by atoms with Gasteiger partial charge in [-0.2, -0.15) is 0 Å². The van der Waals surface area contributed by atoms with E-state index in [1.807, 2.05) is 0 Å². The van der Waals surface area contributed by atoms with Crippen molar-refractivity contribution in [2.24, 2.45) is 0 Å². The van der Waals surface area contributed by atoms with E-state index in [2.05, 4.69) is 0 Å². The van der Waals surface area contributed by atoms with Gasteiger partial charge in [0.05, 0.1) is 6.61 Å². The van der Waals surface area contributed by atoms with Crippen LogP contribution in [-0.2, 0) is 9.53 Å². The topological polar surface area (TPSA) is 26.3 Å². The van der Waals surface area contributed by atoms with E-state index in [0.29, 0.717) is 13.0 Å². The van der Waals surface area contributed by atoms with Crippen LogP contribution in [-0.4, -0.2) is 12.6 Å². The van der Waals surface area contributed by atoms with Crippen LogP contribution in [0.3, 0.4) is 0 Å². The normalized spacial score (nSPS) is 23.4. The second-order valence-electron chi connectivity index (χ2n) is 10.2. The summed E-state index contributed by atoms with van der Waals surface area (Å²) >= 11 is 0. The fourth-order valence-electron chi connectivity index (χ4n) is 4.87. The van der Waals surface area contributed by atoms with Crippen LogP contribution in [0.1, 0.15) is 173 Å². The lowest BCUT2D eigenvalue weighted by Gasteiger charge is -2.06. The Morgan fingerprint density at radius 3 is 0.839 bits per heavy atom. The highest BCUT2D eigenvalue weighted by Gasteiger charge is 2.03. The third-order valence-electron chi connectivity index (χ3n) is 7.04. The van der Waals surface area contributed by atoms with Crippen molar-refractivity contribution in [3.63, 3.8) is 0 Å². The van der Waals surface area contributed by atoms with Gasteiger partial charge in [0.2, 0.25) is 0 Å². The number of hydrogen-bond donors (Lipinski definition) is 0. The maximum Gasteiger partial charge on any atom is 0.305 e. The summed E-state index contributed by atoms with van der Waals surface area (Å²) in [6.07, 6.45) is 36.3. The van der Waals surface area contributed by atoms with Gasteiger partial charge < -0.3 is 4.74 Å². The summed E-state index contributed by atoms with van der Waals surface area (Å²) in [7, 11) is 0. The van der Waals surface area contributed by atoms with Crippen molar-refractivity contribution in [1.82, 2.24) is 0 Å². The summed E-state index contributed by atoms with van der Waals surface area (Å²) in [5.74, 6) is 0.0275. The van der Waals surface area contributed by atoms with E-state index in [1.165, 1.54) is 154 Å². The Balaban J connectivity index is 2.06. The third-order valence-corrected chi connectivity index (χ3v) is 7.04. The minimum atomic E-state index is 0.0275. The minimum Gasteiger partial charge on any atom is -0.466 e. The first kappa shape index (κ1) is 28.5. The van der Waals surface area contributed by atoms with E-state index in [9.17, 15) is 4.79 Å². The molecule has 0 atom stereocenters. The van der Waals surface area contributed by atoms with Gasteiger partial charge in [0, 0.05) is 6.42 Å². The fraction of sp³-hybridized carbons (Fsp3) is 0.966. The molecule has 31 heavy (non-hydrogen) atoms. The van der Waals surface area contributed by atoms with Crippen LogP contribution in [0.15, 0.2) is 0 Å². The van der Waals surface area contributed by atoms with E-state index in [0.717, 1.165) is 12.8 Å². The Bertz CT molecular complexity index is 334. The molecule has 1 rings (SSSR count). The van der Waals surface area contributed by atoms with Gasteiger partial charge in [0.15, 0.2) is 0 Å². The predicted octanol–water partition coefficient (Wildman–Crippen LogP) is 10.1. The molecule has 0 radical (unpaired) electrons. The molecule has 0 saturated carbocycles. The Kier molecular flexibility index (Phi) is 22.2. The summed E-state index contributed by atoms with van der Waals surface area (Å²) in [6, 6.07) is 0. The van der Waals surface area contributed by atoms with Gasteiger partial charge in [0.1, 0.15) is 0 Å². The zero-order valence-corrected chi connectivity index (χ0v) is 21.1. The lowest BCUT2D eigenvalue weighted by molar-refractivity contribution is -0.143. The Labute approximate surface area is 195 Å². The number of rotatable bonds is 0. The molecule has 0 spiro atoms. The van der Waals surface area contributed by atoms with Crippen molar-refractivity contribution in [1.29, 1.82) is 0 Å². The molecule has 1 saturated heterocycles. The first-order valence-corrected chi connectivity index (χ1v) is 14.6. The number of ether oxygens (including phenoxy) is 1. The number of hydrogen-bond acceptors (Lipinski definition) is 2. The number of carbonyl (C=O) groups is 1. The zero-order valence-electron chi connectivity index (χ0n) is 21.1. The molecule has 2 nitrogen and oxygen atoms in total. The van der Waals surface area contributed by atoms with E-state index in [1.54, 1.807) is 0 Å². The standard InChI is InChI=1S/C29H56O2/c30-29-27-25-23-21-19-17-15-13-11-9-7-5-3-1-2-4-6-8-10-12-14-16-18-20-22-24-26-28-31-29/h1-28H2. The molecule has 0 aromatic heterocycles. The molecule has 0 aliphatic carbocycles. The molecule has 0 bridgehead atoms. The molecule has 0 amide bonds. The van der Waals surface area contributed by atoms with Crippen molar-refractivity contribution < 1.29 is 9.53 Å². The van der Waals surface area contributed by atoms with Gasteiger partial charge >= 0.3 is 5.97 Å². The highest BCUT2D eigenvalue weighted by atomic mass is 16.5. The monoisotopic (exact) mass is 436 g/mol. The lowest BCUT2D eigenvalue weighted by Crippen LogP contribution is -2.05. The number of carbonyl (C=O) groups excluding carboxylic acids is 1. The van der Waals surface area contributed by atoms with Gasteiger partial charge in [0.25, 0.3) is 0 Å². The molecule has 1 aliphatic rings. The molecule has 0 N–H and O–H groups in total. The van der Waals surface area contributed by atoms with E-state index in [4.69, 9.17) is 4.74 Å². The van der Waals surface area contributed by atoms with Crippen LogP contribution in [0.25, 0.3) is 0 Å². The van der Waals surface area contributed by atoms with Gasteiger partial charge in [-0.05, 0) is 12.8 Å². The van der Waals surface area contributed by atoms with Crippen molar-refractivity contribution >= 4 is 5.97 Å². The summed E-state index contributed by atoms with van der Waals surface area (Å²) in [6.45, 7) is 0.638. The van der Waals surface area contributed by atoms with Crippen molar-refractivity contribution in [3.8, 4) is 0 Å². The molecule has 1 heterocycles. The molecule has 1 fully saturated rings. The molecule has 0 aromatic carbocycles. The van der Waals surface area contributed by atoms with Crippen LogP contribution < -0.4 is 0 Å². The maximum absolute atomic E-state index is 11.8. The molecular weight excluding hydrogens is 380 g/mol. The van der Waals surface area contributed by atoms with Gasteiger partial charge in [-0.15, -0.1) is 0 Å². The Morgan fingerprint density at radius 1 is 0.323 bits per heavy atom. The highest BCUT2D eigenvalue weighted by molar-refractivity contribution is 5.69. The average molecular weight is 437 g/mol. The summed E-state index contributed by atoms with van der Waals surface area (Å²) < 4.78 is 5.40. The van der Waals surface area contributed by atoms with E-state index >= 15 is 0 Å². The average Bonchev–Trinajstić information content (AvgIpc) is 2.77. The smallest absolute Gasteiger partial charge is 0.305 e. The first-order chi connectivity index (χ1) is 15.4. The van der Waals surface area contributed by atoms with Gasteiger partial charge in [-0.25, -0.2) is 0 Å². The summed E-state index contributed by atoms with van der Waals surface area (Å²) in [5, 5.41) is 0. The molecule has 184 valence electrons. The Morgan fingerprint density at radius 2 is 0.548 bits per heavy atom. The van der Waals surface area contributed by atoms with Gasteiger partial charge in [-0.1, -0.05) is 154 Å². The molecular formula is C29H56O2. The largest absolute Gasteiger partial charge is 0.466 e. The second-order valence-corrected chi connectivity index (χ2v) is 10.2. The van der Waals surface area contributed by atoms with E-state index < -0.39 is 0 Å². The zero-order chi connectivity index (χ0) is 22.1. The second kappa shape index (κ2) is 24.1.